The Morgan fingerprint density at radius 1 is 1.44 bits per heavy atom. The third-order valence-corrected chi connectivity index (χ3v) is 2.37. The van der Waals surface area contributed by atoms with E-state index in [9.17, 15) is 9.59 Å². The van der Waals surface area contributed by atoms with Gasteiger partial charge in [-0.3, -0.25) is 9.59 Å². The van der Waals surface area contributed by atoms with Crippen LogP contribution in [0.15, 0.2) is 24.3 Å². The second kappa shape index (κ2) is 6.61. The number of rotatable bonds is 6. The molecule has 0 heterocycles. The number of nitrogens with two attached hydrogens (primary N) is 1. The van der Waals surface area contributed by atoms with Gasteiger partial charge in [0.05, 0.1) is 18.8 Å². The SMILES string of the molecule is COc1ccccc1NC(=O)C(N)CCC(=O)O. The van der Waals surface area contributed by atoms with Crippen molar-refractivity contribution >= 4 is 17.6 Å². The third-order valence-electron chi connectivity index (χ3n) is 2.37. The minimum atomic E-state index is -0.976. The molecular formula is C12H16N2O4. The maximum Gasteiger partial charge on any atom is 0.303 e. The lowest BCUT2D eigenvalue weighted by Crippen LogP contribution is -2.36. The van der Waals surface area contributed by atoms with Gasteiger partial charge in [-0.05, 0) is 18.6 Å². The van der Waals surface area contributed by atoms with E-state index in [1.54, 1.807) is 24.3 Å². The number of aliphatic carboxylic acids is 1. The number of carbonyl (C=O) groups is 2. The molecule has 0 aromatic heterocycles. The van der Waals surface area contributed by atoms with Crippen LogP contribution in [-0.2, 0) is 9.59 Å². The molecule has 1 aromatic carbocycles. The van der Waals surface area contributed by atoms with Crippen molar-refractivity contribution in [2.24, 2.45) is 5.73 Å². The molecule has 0 saturated carbocycles. The fraction of sp³-hybridized carbons (Fsp3) is 0.333. The number of nitrogens with one attached hydrogen (secondary N) is 1. The molecule has 0 saturated heterocycles. The average Bonchev–Trinajstić information content (AvgIpc) is 2.36. The second-order valence-electron chi connectivity index (χ2n) is 3.73. The van der Waals surface area contributed by atoms with Gasteiger partial charge in [0, 0.05) is 6.42 Å². The van der Waals surface area contributed by atoms with E-state index in [1.807, 2.05) is 0 Å². The zero-order valence-electron chi connectivity index (χ0n) is 10.1. The van der Waals surface area contributed by atoms with Gasteiger partial charge in [-0.1, -0.05) is 12.1 Å². The number of anilines is 1. The number of carboxylic acid groups (broad SMARTS) is 1. The quantitative estimate of drug-likeness (QED) is 0.696. The maximum atomic E-state index is 11.7. The van der Waals surface area contributed by atoms with Crippen LogP contribution in [0, 0.1) is 0 Å². The minimum absolute atomic E-state index is 0.0936. The first-order valence-electron chi connectivity index (χ1n) is 5.46. The van der Waals surface area contributed by atoms with Gasteiger partial charge < -0.3 is 20.9 Å². The molecule has 1 aromatic rings. The van der Waals surface area contributed by atoms with E-state index in [4.69, 9.17) is 15.6 Å². The topological polar surface area (TPSA) is 102 Å². The summed E-state index contributed by atoms with van der Waals surface area (Å²) < 4.78 is 5.07. The molecule has 18 heavy (non-hydrogen) atoms. The lowest BCUT2D eigenvalue weighted by molar-refractivity contribution is -0.137. The Kier molecular flexibility index (Phi) is 5.13. The standard InChI is InChI=1S/C12H16N2O4/c1-18-10-5-3-2-4-9(10)14-12(17)8(13)6-7-11(15)16/h2-5,8H,6-7,13H2,1H3,(H,14,17)(H,15,16). The molecule has 6 heteroatoms. The predicted molar refractivity (Wildman–Crippen MR) is 66.5 cm³/mol. The molecule has 0 aliphatic heterocycles. The zero-order chi connectivity index (χ0) is 13.5. The minimum Gasteiger partial charge on any atom is -0.495 e. The van der Waals surface area contributed by atoms with Gasteiger partial charge in [-0.25, -0.2) is 0 Å². The van der Waals surface area contributed by atoms with Crippen LogP contribution < -0.4 is 15.8 Å². The summed E-state index contributed by atoms with van der Waals surface area (Å²) in [6.45, 7) is 0. The monoisotopic (exact) mass is 252 g/mol. The van der Waals surface area contributed by atoms with Crippen LogP contribution in [0.25, 0.3) is 0 Å². The maximum absolute atomic E-state index is 11.7. The summed E-state index contributed by atoms with van der Waals surface area (Å²) in [5.74, 6) is -0.882. The molecule has 1 amide bonds. The molecule has 1 unspecified atom stereocenters. The van der Waals surface area contributed by atoms with Gasteiger partial charge in [0.25, 0.3) is 0 Å². The van der Waals surface area contributed by atoms with Crippen LogP contribution in [0.2, 0.25) is 0 Å². The second-order valence-corrected chi connectivity index (χ2v) is 3.73. The summed E-state index contributed by atoms with van der Waals surface area (Å²) in [5, 5.41) is 11.1. The molecule has 0 spiro atoms. The highest BCUT2D eigenvalue weighted by molar-refractivity contribution is 5.96. The molecular weight excluding hydrogens is 236 g/mol. The lowest BCUT2D eigenvalue weighted by Gasteiger charge is -2.13. The van der Waals surface area contributed by atoms with Crippen LogP contribution in [0.4, 0.5) is 5.69 Å². The molecule has 0 aliphatic rings. The summed E-state index contributed by atoms with van der Waals surface area (Å²) in [6.07, 6.45) is -0.0448. The van der Waals surface area contributed by atoms with Crippen LogP contribution in [0.1, 0.15) is 12.8 Å². The molecule has 1 atom stereocenters. The number of hydrogen-bond donors (Lipinski definition) is 3. The Labute approximate surface area is 105 Å². The largest absolute Gasteiger partial charge is 0.495 e. The van der Waals surface area contributed by atoms with E-state index in [1.165, 1.54) is 7.11 Å². The van der Waals surface area contributed by atoms with Gasteiger partial charge in [0.1, 0.15) is 5.75 Å². The number of benzene rings is 1. The van der Waals surface area contributed by atoms with Crippen LogP contribution in [0.5, 0.6) is 5.75 Å². The van der Waals surface area contributed by atoms with Gasteiger partial charge in [-0.15, -0.1) is 0 Å². The fourth-order valence-electron chi connectivity index (χ4n) is 1.38. The van der Waals surface area contributed by atoms with Crippen molar-refractivity contribution in [2.45, 2.75) is 18.9 Å². The first-order valence-corrected chi connectivity index (χ1v) is 5.46. The highest BCUT2D eigenvalue weighted by Crippen LogP contribution is 2.23. The van der Waals surface area contributed by atoms with Gasteiger partial charge in [0.15, 0.2) is 0 Å². The molecule has 0 aliphatic carbocycles. The number of hydrogen-bond acceptors (Lipinski definition) is 4. The Morgan fingerprint density at radius 3 is 2.72 bits per heavy atom. The van der Waals surface area contributed by atoms with Gasteiger partial charge in [0.2, 0.25) is 5.91 Å². The van der Waals surface area contributed by atoms with Gasteiger partial charge >= 0.3 is 5.97 Å². The normalized spacial score (nSPS) is 11.7. The van der Waals surface area contributed by atoms with Crippen molar-refractivity contribution in [3.05, 3.63) is 24.3 Å². The Bertz CT molecular complexity index is 434. The molecule has 4 N–H and O–H groups in total. The van der Waals surface area contributed by atoms with E-state index in [2.05, 4.69) is 5.32 Å². The Morgan fingerprint density at radius 2 is 2.11 bits per heavy atom. The molecule has 6 nitrogen and oxygen atoms in total. The summed E-state index contributed by atoms with van der Waals surface area (Å²) in [6, 6.07) is 6.06. The number of para-hydroxylation sites is 2. The summed E-state index contributed by atoms with van der Waals surface area (Å²) >= 11 is 0. The Hall–Kier alpha value is -2.08. The molecule has 0 radical (unpaired) electrons. The Balaban J connectivity index is 2.60. The van der Waals surface area contributed by atoms with E-state index < -0.39 is 17.9 Å². The van der Waals surface area contributed by atoms with Crippen LogP contribution in [0.3, 0.4) is 0 Å². The first kappa shape index (κ1) is 14.0. The van der Waals surface area contributed by atoms with Crippen LogP contribution >= 0.6 is 0 Å². The van der Waals surface area contributed by atoms with Crippen molar-refractivity contribution < 1.29 is 19.4 Å². The van der Waals surface area contributed by atoms with E-state index >= 15 is 0 Å². The molecule has 1 rings (SSSR count). The smallest absolute Gasteiger partial charge is 0.303 e. The number of amides is 1. The highest BCUT2D eigenvalue weighted by atomic mass is 16.5. The van der Waals surface area contributed by atoms with Crippen LogP contribution in [-0.4, -0.2) is 30.1 Å². The summed E-state index contributed by atoms with van der Waals surface area (Å²) in [5.41, 5.74) is 6.10. The lowest BCUT2D eigenvalue weighted by atomic mass is 10.1. The van der Waals surface area contributed by atoms with Crippen molar-refractivity contribution in [1.29, 1.82) is 0 Å². The molecule has 0 fully saturated rings. The number of carboxylic acids is 1. The number of methoxy groups -OCH3 is 1. The van der Waals surface area contributed by atoms with Crippen molar-refractivity contribution in [3.63, 3.8) is 0 Å². The van der Waals surface area contributed by atoms with Crippen molar-refractivity contribution in [3.8, 4) is 5.75 Å². The third kappa shape index (κ3) is 4.06. The van der Waals surface area contributed by atoms with Gasteiger partial charge in [-0.2, -0.15) is 0 Å². The predicted octanol–water partition coefficient (Wildman–Crippen LogP) is 0.826. The first-order chi connectivity index (χ1) is 8.54. The molecule has 98 valence electrons. The highest BCUT2D eigenvalue weighted by Gasteiger charge is 2.16. The number of carbonyl (C=O) groups excluding carboxylic acids is 1. The van der Waals surface area contributed by atoms with Crippen molar-refractivity contribution in [2.75, 3.05) is 12.4 Å². The van der Waals surface area contributed by atoms with E-state index in [0.29, 0.717) is 11.4 Å². The average molecular weight is 252 g/mol. The van der Waals surface area contributed by atoms with E-state index in [-0.39, 0.29) is 12.8 Å². The summed E-state index contributed by atoms with van der Waals surface area (Å²) in [4.78, 5) is 22.1. The summed E-state index contributed by atoms with van der Waals surface area (Å²) in [7, 11) is 1.50. The number of ether oxygens (including phenoxy) is 1. The molecule has 0 bridgehead atoms. The van der Waals surface area contributed by atoms with Crippen molar-refractivity contribution in [1.82, 2.24) is 0 Å². The fourth-order valence-corrected chi connectivity index (χ4v) is 1.38. The van der Waals surface area contributed by atoms with E-state index in [0.717, 1.165) is 0 Å². The zero-order valence-corrected chi connectivity index (χ0v) is 10.1.